The fourth-order valence-electron chi connectivity index (χ4n) is 1.80. The minimum atomic E-state index is -4.11. The van der Waals surface area contributed by atoms with Crippen molar-refractivity contribution in [2.75, 3.05) is 25.9 Å². The molecule has 0 aromatic carbocycles. The van der Waals surface area contributed by atoms with Gasteiger partial charge in [0.25, 0.3) is 0 Å². The fourth-order valence-corrected chi connectivity index (χ4v) is 3.50. The first-order valence-electron chi connectivity index (χ1n) is 5.86. The third-order valence-electron chi connectivity index (χ3n) is 2.73. The number of hydrogen-bond acceptors (Lipinski definition) is 5. The van der Waals surface area contributed by atoms with Gasteiger partial charge in [-0.15, -0.1) is 11.8 Å². The van der Waals surface area contributed by atoms with Gasteiger partial charge in [0, 0.05) is 18.8 Å². The maximum absolute atomic E-state index is 12.1. The third kappa shape index (κ3) is 4.47. The number of thioether (sulfide) groups is 1. The smallest absolute Gasteiger partial charge is 0.302 e. The van der Waals surface area contributed by atoms with Gasteiger partial charge in [-0.05, 0) is 19.0 Å². The van der Waals surface area contributed by atoms with Crippen LogP contribution in [0, 0.1) is 0 Å². The molecule has 1 aromatic heterocycles. The van der Waals surface area contributed by atoms with Gasteiger partial charge in [-0.1, -0.05) is 6.08 Å². The second kappa shape index (κ2) is 6.23. The molecule has 0 amide bonds. The molecule has 0 saturated heterocycles. The van der Waals surface area contributed by atoms with Gasteiger partial charge < -0.3 is 4.90 Å². The molecule has 1 aliphatic rings. The molecule has 0 radical (unpaired) electrons. The van der Waals surface area contributed by atoms with E-state index in [9.17, 15) is 13.2 Å². The lowest BCUT2D eigenvalue weighted by Gasteiger charge is -2.22. The topological polar surface area (TPSA) is 29.0 Å². The van der Waals surface area contributed by atoms with Gasteiger partial charge in [0.15, 0.2) is 0 Å². The lowest BCUT2D eigenvalue weighted by atomic mass is 10.1. The monoisotopic (exact) mass is 309 g/mol. The molecule has 0 N–H and O–H groups in total. The van der Waals surface area contributed by atoms with E-state index in [4.69, 9.17) is 0 Å². The highest BCUT2D eigenvalue weighted by atomic mass is 32.2. The van der Waals surface area contributed by atoms with Crippen LogP contribution in [0.25, 0.3) is 5.57 Å². The van der Waals surface area contributed by atoms with Gasteiger partial charge in [-0.25, -0.2) is 0 Å². The Morgan fingerprint density at radius 2 is 2.21 bits per heavy atom. The van der Waals surface area contributed by atoms with E-state index in [-0.39, 0.29) is 5.75 Å². The summed E-state index contributed by atoms with van der Waals surface area (Å²) in [6.07, 6.45) is -1.87. The van der Waals surface area contributed by atoms with Gasteiger partial charge in [0.05, 0.1) is 18.1 Å². The predicted molar refractivity (Wildman–Crippen MR) is 71.4 cm³/mol. The highest BCUT2D eigenvalue weighted by molar-refractivity contribution is 7.99. The van der Waals surface area contributed by atoms with Crippen LogP contribution in [0.4, 0.5) is 13.2 Å². The lowest BCUT2D eigenvalue weighted by molar-refractivity contribution is -0.129. The molecule has 0 unspecified atom stereocenters. The Morgan fingerprint density at radius 1 is 1.42 bits per heavy atom. The van der Waals surface area contributed by atoms with E-state index in [2.05, 4.69) is 19.7 Å². The van der Waals surface area contributed by atoms with Gasteiger partial charge in [0.2, 0.25) is 0 Å². The maximum atomic E-state index is 12.1. The summed E-state index contributed by atoms with van der Waals surface area (Å²) in [6, 6.07) is 0. The summed E-state index contributed by atoms with van der Waals surface area (Å²) < 4.78 is 44.7. The van der Waals surface area contributed by atoms with Crippen LogP contribution in [0.3, 0.4) is 0 Å². The molecule has 0 atom stereocenters. The van der Waals surface area contributed by atoms with Crippen molar-refractivity contribution in [2.45, 2.75) is 24.0 Å². The number of nitrogens with zero attached hydrogens (tertiary/aromatic N) is 3. The van der Waals surface area contributed by atoms with Crippen molar-refractivity contribution in [3.63, 3.8) is 0 Å². The summed E-state index contributed by atoms with van der Waals surface area (Å²) in [5.74, 6) is -0.00890. The molecule has 0 saturated carbocycles. The minimum absolute atomic E-state index is 0.00890. The lowest BCUT2D eigenvalue weighted by Crippen LogP contribution is -2.25. The van der Waals surface area contributed by atoms with Gasteiger partial charge >= 0.3 is 6.18 Å². The molecular formula is C11H14F3N3S2. The zero-order valence-electron chi connectivity index (χ0n) is 10.4. The molecule has 1 aromatic rings. The molecule has 0 aliphatic carbocycles. The number of alkyl halides is 3. The molecule has 1 aliphatic heterocycles. The second-order valence-electron chi connectivity index (χ2n) is 4.39. The molecule has 0 spiro atoms. The summed E-state index contributed by atoms with van der Waals surface area (Å²) in [5.41, 5.74) is 1.82. The summed E-state index contributed by atoms with van der Waals surface area (Å²) in [5, 5.41) is 0.621. The first kappa shape index (κ1) is 14.8. The zero-order valence-corrected chi connectivity index (χ0v) is 12.0. The van der Waals surface area contributed by atoms with Crippen LogP contribution >= 0.6 is 23.5 Å². The average Bonchev–Trinajstić information content (AvgIpc) is 2.75. The third-order valence-corrected chi connectivity index (χ3v) is 4.34. The molecule has 2 heterocycles. The Labute approximate surface area is 118 Å². The first-order chi connectivity index (χ1) is 8.96. The van der Waals surface area contributed by atoms with Crippen molar-refractivity contribution >= 4 is 29.1 Å². The second-order valence-corrected chi connectivity index (χ2v) is 6.00. The number of hydrogen-bond donors (Lipinski definition) is 0. The minimum Gasteiger partial charge on any atom is -0.302 e. The predicted octanol–water partition coefficient (Wildman–Crippen LogP) is 3.30. The largest absolute Gasteiger partial charge is 0.389 e. The Balaban J connectivity index is 2.00. The molecule has 2 rings (SSSR count). The maximum Gasteiger partial charge on any atom is 0.389 e. The summed E-state index contributed by atoms with van der Waals surface area (Å²) in [6.45, 7) is 1.77. The molecule has 8 heteroatoms. The molecule has 0 bridgehead atoms. The number of likely N-dealkylation sites (N-methyl/N-ethyl adjacent to an activating group) is 1. The Hall–Kier alpha value is -0.600. The Kier molecular flexibility index (Phi) is 4.86. The van der Waals surface area contributed by atoms with Crippen molar-refractivity contribution in [1.29, 1.82) is 0 Å². The Bertz CT molecular complexity index is 456. The SMILES string of the molecule is CN1CCC=C(c2nsnc2SCCC(F)(F)F)C1. The normalized spacial score (nSPS) is 17.6. The molecule has 106 valence electrons. The van der Waals surface area contributed by atoms with Crippen LogP contribution in [0.1, 0.15) is 18.5 Å². The van der Waals surface area contributed by atoms with Crippen molar-refractivity contribution < 1.29 is 13.2 Å². The van der Waals surface area contributed by atoms with E-state index in [0.717, 1.165) is 54.3 Å². The van der Waals surface area contributed by atoms with E-state index < -0.39 is 12.6 Å². The van der Waals surface area contributed by atoms with E-state index in [1.807, 2.05) is 7.05 Å². The molecule has 3 nitrogen and oxygen atoms in total. The van der Waals surface area contributed by atoms with E-state index in [1.54, 1.807) is 0 Å². The molecule has 19 heavy (non-hydrogen) atoms. The fraction of sp³-hybridized carbons (Fsp3) is 0.636. The van der Waals surface area contributed by atoms with Crippen LogP contribution in [0.5, 0.6) is 0 Å². The van der Waals surface area contributed by atoms with Crippen LogP contribution < -0.4 is 0 Å². The summed E-state index contributed by atoms with van der Waals surface area (Å²) in [4.78, 5) is 2.17. The van der Waals surface area contributed by atoms with E-state index in [1.165, 1.54) is 0 Å². The van der Waals surface area contributed by atoms with Crippen LogP contribution in [0.2, 0.25) is 0 Å². The van der Waals surface area contributed by atoms with Crippen molar-refractivity contribution in [3.05, 3.63) is 11.8 Å². The highest BCUT2D eigenvalue weighted by Gasteiger charge is 2.27. The van der Waals surface area contributed by atoms with Crippen LogP contribution in [0.15, 0.2) is 11.1 Å². The van der Waals surface area contributed by atoms with Gasteiger partial charge in [-0.3, -0.25) is 0 Å². The quantitative estimate of drug-likeness (QED) is 0.798. The van der Waals surface area contributed by atoms with Crippen molar-refractivity contribution in [1.82, 2.24) is 13.6 Å². The van der Waals surface area contributed by atoms with Crippen molar-refractivity contribution in [2.24, 2.45) is 0 Å². The average molecular weight is 309 g/mol. The number of halogens is 3. The molecule has 0 fully saturated rings. The van der Waals surface area contributed by atoms with Crippen molar-refractivity contribution in [3.8, 4) is 0 Å². The number of aromatic nitrogens is 2. The van der Waals surface area contributed by atoms with Crippen LogP contribution in [-0.4, -0.2) is 45.7 Å². The van der Waals surface area contributed by atoms with Crippen LogP contribution in [-0.2, 0) is 0 Å². The standard InChI is InChI=1S/C11H14F3N3S2/c1-17-5-2-3-8(7-17)9-10(16-19-15-9)18-6-4-11(12,13)14/h3H,2,4-7H2,1H3. The number of rotatable bonds is 4. The van der Waals surface area contributed by atoms with Gasteiger partial charge in [-0.2, -0.15) is 21.9 Å². The molecular weight excluding hydrogens is 295 g/mol. The van der Waals surface area contributed by atoms with E-state index in [0.29, 0.717) is 5.03 Å². The van der Waals surface area contributed by atoms with E-state index >= 15 is 0 Å². The summed E-state index contributed by atoms with van der Waals surface area (Å²) in [7, 11) is 2.02. The first-order valence-corrected chi connectivity index (χ1v) is 7.57. The summed E-state index contributed by atoms with van der Waals surface area (Å²) >= 11 is 2.19. The zero-order chi connectivity index (χ0) is 13.9. The highest BCUT2D eigenvalue weighted by Crippen LogP contribution is 2.31. The van der Waals surface area contributed by atoms with Gasteiger partial charge in [0.1, 0.15) is 10.7 Å². The Morgan fingerprint density at radius 3 is 2.89 bits per heavy atom.